The lowest BCUT2D eigenvalue weighted by atomic mass is 9.77. The van der Waals surface area contributed by atoms with Gasteiger partial charge in [-0.15, -0.1) is 0 Å². The van der Waals surface area contributed by atoms with E-state index in [1.165, 1.54) is 0 Å². The van der Waals surface area contributed by atoms with Gasteiger partial charge in [0, 0.05) is 5.92 Å². The number of hydrogen-bond acceptors (Lipinski definition) is 6. The summed E-state index contributed by atoms with van der Waals surface area (Å²) < 4.78 is 17.1. The minimum atomic E-state index is -0.733. The highest BCUT2D eigenvalue weighted by atomic mass is 16.7. The van der Waals surface area contributed by atoms with E-state index in [-0.39, 0.29) is 23.0 Å². The molecular formula is C18H24BN3O4. The Morgan fingerprint density at radius 1 is 1.19 bits per heavy atom. The molecule has 7 nitrogen and oxygen atoms in total. The Kier molecular flexibility index (Phi) is 4.44. The van der Waals surface area contributed by atoms with Crippen LogP contribution in [-0.2, 0) is 9.31 Å². The van der Waals surface area contributed by atoms with Crippen LogP contribution in [0.3, 0.4) is 0 Å². The SMILES string of the molecule is Cc1cc(B2OC(C)(C)C(C)(C)O2)ccc1C(C)c1noc(C(N)=O)n1. The molecule has 0 spiro atoms. The molecule has 0 bridgehead atoms. The summed E-state index contributed by atoms with van der Waals surface area (Å²) in [5.74, 6) is -0.633. The maximum absolute atomic E-state index is 11.1. The van der Waals surface area contributed by atoms with Gasteiger partial charge in [0.05, 0.1) is 11.2 Å². The average Bonchev–Trinajstić information content (AvgIpc) is 3.10. The molecule has 2 heterocycles. The molecule has 1 aliphatic heterocycles. The molecule has 1 aromatic heterocycles. The van der Waals surface area contributed by atoms with E-state index in [1.807, 2.05) is 59.7 Å². The van der Waals surface area contributed by atoms with Crippen molar-refractivity contribution in [2.24, 2.45) is 5.73 Å². The van der Waals surface area contributed by atoms with Gasteiger partial charge in [-0.05, 0) is 51.2 Å². The first kappa shape index (κ1) is 18.6. The minimum Gasteiger partial charge on any atom is -0.399 e. The number of aryl methyl sites for hydroxylation is 1. The fourth-order valence-electron chi connectivity index (χ4n) is 2.96. The predicted molar refractivity (Wildman–Crippen MR) is 97.2 cm³/mol. The van der Waals surface area contributed by atoms with Crippen LogP contribution in [0.25, 0.3) is 0 Å². The second kappa shape index (κ2) is 6.21. The number of amides is 1. The maximum Gasteiger partial charge on any atom is 0.494 e. The van der Waals surface area contributed by atoms with Crippen molar-refractivity contribution >= 4 is 18.5 Å². The van der Waals surface area contributed by atoms with E-state index in [2.05, 4.69) is 10.1 Å². The molecule has 2 N–H and O–H groups in total. The molecule has 1 saturated heterocycles. The second-order valence-electron chi connectivity index (χ2n) is 7.75. The van der Waals surface area contributed by atoms with Crippen LogP contribution in [0.5, 0.6) is 0 Å². The summed E-state index contributed by atoms with van der Waals surface area (Å²) in [4.78, 5) is 15.2. The average molecular weight is 357 g/mol. The Morgan fingerprint density at radius 3 is 2.31 bits per heavy atom. The van der Waals surface area contributed by atoms with Crippen molar-refractivity contribution in [2.75, 3.05) is 0 Å². The largest absolute Gasteiger partial charge is 0.494 e. The molecule has 0 radical (unpaired) electrons. The monoisotopic (exact) mass is 357 g/mol. The van der Waals surface area contributed by atoms with Crippen LogP contribution in [-0.4, -0.2) is 34.4 Å². The summed E-state index contributed by atoms with van der Waals surface area (Å²) in [7, 11) is -0.408. The Balaban J connectivity index is 1.85. The highest BCUT2D eigenvalue weighted by Gasteiger charge is 2.51. The van der Waals surface area contributed by atoms with Gasteiger partial charge < -0.3 is 19.6 Å². The molecule has 1 aromatic carbocycles. The van der Waals surface area contributed by atoms with Crippen molar-refractivity contribution in [1.29, 1.82) is 0 Å². The predicted octanol–water partition coefficient (Wildman–Crippen LogP) is 1.93. The van der Waals surface area contributed by atoms with Gasteiger partial charge in [0.1, 0.15) is 0 Å². The van der Waals surface area contributed by atoms with Crippen LogP contribution in [0.1, 0.15) is 68.2 Å². The first-order chi connectivity index (χ1) is 12.0. The molecule has 2 aromatic rings. The van der Waals surface area contributed by atoms with Gasteiger partial charge >= 0.3 is 18.9 Å². The van der Waals surface area contributed by atoms with E-state index in [0.29, 0.717) is 5.82 Å². The van der Waals surface area contributed by atoms with E-state index in [9.17, 15) is 4.79 Å². The summed E-state index contributed by atoms with van der Waals surface area (Å²) in [6, 6.07) is 6.03. The number of carbonyl (C=O) groups is 1. The lowest BCUT2D eigenvalue weighted by Gasteiger charge is -2.32. The van der Waals surface area contributed by atoms with Gasteiger partial charge in [0.2, 0.25) is 0 Å². The normalized spacial score (nSPS) is 19.5. The summed E-state index contributed by atoms with van der Waals surface area (Å²) in [6.07, 6.45) is 0. The minimum absolute atomic E-state index is 0.140. The molecule has 0 aliphatic carbocycles. The van der Waals surface area contributed by atoms with Crippen LogP contribution in [0, 0.1) is 6.92 Å². The van der Waals surface area contributed by atoms with Gasteiger partial charge in [-0.3, -0.25) is 4.79 Å². The van der Waals surface area contributed by atoms with Gasteiger partial charge in [0.15, 0.2) is 5.82 Å². The first-order valence-corrected chi connectivity index (χ1v) is 8.61. The van der Waals surface area contributed by atoms with Crippen molar-refractivity contribution in [3.63, 3.8) is 0 Å². The summed E-state index contributed by atoms with van der Waals surface area (Å²) >= 11 is 0. The number of benzene rings is 1. The van der Waals surface area contributed by atoms with Crippen LogP contribution in [0.2, 0.25) is 0 Å². The summed E-state index contributed by atoms with van der Waals surface area (Å²) in [5, 5.41) is 3.86. The van der Waals surface area contributed by atoms with Gasteiger partial charge in [-0.25, -0.2) is 0 Å². The third-order valence-corrected chi connectivity index (χ3v) is 5.33. The van der Waals surface area contributed by atoms with E-state index in [4.69, 9.17) is 19.6 Å². The van der Waals surface area contributed by atoms with E-state index >= 15 is 0 Å². The lowest BCUT2D eigenvalue weighted by molar-refractivity contribution is 0.00578. The highest BCUT2D eigenvalue weighted by molar-refractivity contribution is 6.62. The molecule has 1 unspecified atom stereocenters. The fraction of sp³-hybridized carbons (Fsp3) is 0.500. The van der Waals surface area contributed by atoms with Gasteiger partial charge in [-0.1, -0.05) is 30.3 Å². The smallest absolute Gasteiger partial charge is 0.399 e. The van der Waals surface area contributed by atoms with E-state index < -0.39 is 13.0 Å². The Hall–Kier alpha value is -2.19. The number of nitrogens with zero attached hydrogens (tertiary/aromatic N) is 2. The summed E-state index contributed by atoms with van der Waals surface area (Å²) in [6.45, 7) is 12.1. The molecule has 26 heavy (non-hydrogen) atoms. The van der Waals surface area contributed by atoms with E-state index in [0.717, 1.165) is 16.6 Å². The lowest BCUT2D eigenvalue weighted by Crippen LogP contribution is -2.41. The van der Waals surface area contributed by atoms with Crippen molar-refractivity contribution in [2.45, 2.75) is 58.7 Å². The zero-order valence-electron chi connectivity index (χ0n) is 16.0. The van der Waals surface area contributed by atoms with Gasteiger partial charge in [-0.2, -0.15) is 4.98 Å². The zero-order valence-corrected chi connectivity index (χ0v) is 16.0. The highest BCUT2D eigenvalue weighted by Crippen LogP contribution is 2.36. The molecule has 3 rings (SSSR count). The molecule has 1 amide bonds. The first-order valence-electron chi connectivity index (χ1n) is 8.61. The topological polar surface area (TPSA) is 100 Å². The van der Waals surface area contributed by atoms with Crippen LogP contribution < -0.4 is 11.2 Å². The number of rotatable bonds is 4. The molecule has 0 saturated carbocycles. The van der Waals surface area contributed by atoms with Crippen LogP contribution >= 0.6 is 0 Å². The molecule has 138 valence electrons. The molecular weight excluding hydrogens is 333 g/mol. The Bertz CT molecular complexity index is 831. The standard InChI is InChI=1S/C18H24BN3O4/c1-10-9-12(19-25-17(3,4)18(5,6)26-19)7-8-13(10)11(2)15-21-16(14(20)23)24-22-15/h7-9,11H,1-6H3,(H2,20,23). The number of carbonyl (C=O) groups excluding carboxylic acids is 1. The number of nitrogens with two attached hydrogens (primary N) is 1. The third kappa shape index (κ3) is 3.15. The maximum atomic E-state index is 11.1. The van der Waals surface area contributed by atoms with Gasteiger partial charge in [0.25, 0.3) is 0 Å². The zero-order chi connectivity index (χ0) is 19.3. The van der Waals surface area contributed by atoms with Crippen molar-refractivity contribution in [3.05, 3.63) is 41.0 Å². The fourth-order valence-corrected chi connectivity index (χ4v) is 2.96. The van der Waals surface area contributed by atoms with Crippen LogP contribution in [0.15, 0.2) is 22.7 Å². The van der Waals surface area contributed by atoms with Crippen molar-refractivity contribution < 1.29 is 18.6 Å². The number of primary amides is 1. The number of hydrogen-bond donors (Lipinski definition) is 1. The van der Waals surface area contributed by atoms with Crippen molar-refractivity contribution in [1.82, 2.24) is 10.1 Å². The number of aromatic nitrogens is 2. The molecule has 1 atom stereocenters. The Labute approximate surface area is 153 Å². The third-order valence-electron chi connectivity index (χ3n) is 5.33. The van der Waals surface area contributed by atoms with E-state index in [1.54, 1.807) is 0 Å². The molecule has 1 aliphatic rings. The molecule has 8 heteroatoms. The Morgan fingerprint density at radius 2 is 1.81 bits per heavy atom. The van der Waals surface area contributed by atoms with Crippen LogP contribution in [0.4, 0.5) is 0 Å². The second-order valence-corrected chi connectivity index (χ2v) is 7.75. The quantitative estimate of drug-likeness (QED) is 0.839. The molecule has 1 fully saturated rings. The van der Waals surface area contributed by atoms with Crippen molar-refractivity contribution in [3.8, 4) is 0 Å². The summed E-state index contributed by atoms with van der Waals surface area (Å²) in [5.41, 5.74) is 7.44.